The molecule has 0 spiro atoms. The molecule has 0 radical (unpaired) electrons. The average molecular weight is 217 g/mol. The van der Waals surface area contributed by atoms with Gasteiger partial charge in [0.25, 0.3) is 0 Å². The van der Waals surface area contributed by atoms with E-state index >= 15 is 0 Å². The number of benzene rings is 1. The number of hydrogen-bond donors (Lipinski definition) is 1. The van der Waals surface area contributed by atoms with E-state index < -0.39 is 0 Å². The Hall–Kier alpha value is -1.35. The summed E-state index contributed by atoms with van der Waals surface area (Å²) in [5.74, 6) is 0.691. The van der Waals surface area contributed by atoms with Crippen LogP contribution in [0.25, 0.3) is 0 Å². The van der Waals surface area contributed by atoms with Crippen LogP contribution in [0.5, 0.6) is 0 Å². The van der Waals surface area contributed by atoms with Gasteiger partial charge in [0.1, 0.15) is 6.10 Å². The van der Waals surface area contributed by atoms with Gasteiger partial charge in [0, 0.05) is 5.56 Å². The van der Waals surface area contributed by atoms with Crippen molar-refractivity contribution < 1.29 is 9.84 Å². The summed E-state index contributed by atoms with van der Waals surface area (Å²) in [4.78, 5) is 4.57. The van der Waals surface area contributed by atoms with Gasteiger partial charge in [-0.25, -0.2) is 4.99 Å². The van der Waals surface area contributed by atoms with Gasteiger partial charge in [0.2, 0.25) is 5.90 Å². The molecule has 1 heterocycles. The van der Waals surface area contributed by atoms with E-state index in [1.807, 2.05) is 30.3 Å². The largest absolute Gasteiger partial charge is 0.469 e. The summed E-state index contributed by atoms with van der Waals surface area (Å²) >= 11 is 0. The first-order chi connectivity index (χ1) is 7.84. The molecule has 0 aromatic heterocycles. The Labute approximate surface area is 94.8 Å². The Morgan fingerprint density at radius 2 is 2.00 bits per heavy atom. The molecular formula is C13H15NO2. The molecule has 1 N–H and O–H groups in total. The van der Waals surface area contributed by atoms with E-state index in [0.29, 0.717) is 5.90 Å². The molecule has 3 rings (SSSR count). The van der Waals surface area contributed by atoms with Gasteiger partial charge in [-0.15, -0.1) is 0 Å². The van der Waals surface area contributed by atoms with Crippen LogP contribution in [-0.2, 0) is 4.74 Å². The molecule has 3 heteroatoms. The Morgan fingerprint density at radius 3 is 2.75 bits per heavy atom. The third-order valence-electron chi connectivity index (χ3n) is 3.31. The van der Waals surface area contributed by atoms with E-state index in [2.05, 4.69) is 4.99 Å². The molecule has 16 heavy (non-hydrogen) atoms. The second-order valence-electron chi connectivity index (χ2n) is 4.45. The fraction of sp³-hybridized carbons (Fsp3) is 0.462. The third kappa shape index (κ3) is 1.61. The lowest BCUT2D eigenvalue weighted by Crippen LogP contribution is -2.39. The van der Waals surface area contributed by atoms with Crippen LogP contribution in [0.15, 0.2) is 35.3 Å². The molecule has 1 saturated carbocycles. The quantitative estimate of drug-likeness (QED) is 0.778. The molecule has 1 aromatic carbocycles. The number of aliphatic hydroxyl groups is 1. The van der Waals surface area contributed by atoms with Gasteiger partial charge in [0.15, 0.2) is 0 Å². The Balaban J connectivity index is 1.85. The zero-order valence-corrected chi connectivity index (χ0v) is 9.04. The predicted molar refractivity (Wildman–Crippen MR) is 61.5 cm³/mol. The van der Waals surface area contributed by atoms with E-state index in [4.69, 9.17) is 4.74 Å². The van der Waals surface area contributed by atoms with Crippen LogP contribution < -0.4 is 0 Å². The second kappa shape index (κ2) is 3.91. The molecule has 1 fully saturated rings. The maximum Gasteiger partial charge on any atom is 0.216 e. The minimum atomic E-state index is -0.358. The first-order valence-electron chi connectivity index (χ1n) is 5.82. The number of fused-ring (bicyclic) bond motifs is 1. The topological polar surface area (TPSA) is 41.8 Å². The predicted octanol–water partition coefficient (Wildman–Crippen LogP) is 1.75. The molecule has 3 unspecified atom stereocenters. The van der Waals surface area contributed by atoms with Gasteiger partial charge in [-0.1, -0.05) is 18.2 Å². The molecule has 3 nitrogen and oxygen atoms in total. The molecule has 1 aliphatic carbocycles. The van der Waals surface area contributed by atoms with E-state index in [0.717, 1.165) is 24.8 Å². The maximum atomic E-state index is 9.85. The van der Waals surface area contributed by atoms with Gasteiger partial charge in [-0.05, 0) is 31.4 Å². The number of nitrogens with zero attached hydrogens (tertiary/aromatic N) is 1. The molecule has 0 saturated heterocycles. The fourth-order valence-electron chi connectivity index (χ4n) is 2.45. The summed E-state index contributed by atoms with van der Waals surface area (Å²) in [6, 6.07) is 10.0. The lowest BCUT2D eigenvalue weighted by Gasteiger charge is -2.27. The maximum absolute atomic E-state index is 9.85. The van der Waals surface area contributed by atoms with Crippen molar-refractivity contribution in [3.05, 3.63) is 35.9 Å². The van der Waals surface area contributed by atoms with Crippen LogP contribution in [0.1, 0.15) is 24.8 Å². The lowest BCUT2D eigenvalue weighted by molar-refractivity contribution is 0.00398. The monoisotopic (exact) mass is 217 g/mol. The first-order valence-corrected chi connectivity index (χ1v) is 5.82. The van der Waals surface area contributed by atoms with Crippen molar-refractivity contribution >= 4 is 5.90 Å². The molecule has 3 atom stereocenters. The Bertz CT molecular complexity index is 402. The highest BCUT2D eigenvalue weighted by Gasteiger charge is 2.39. The van der Waals surface area contributed by atoms with Gasteiger partial charge in [-0.2, -0.15) is 0 Å². The highest BCUT2D eigenvalue weighted by molar-refractivity contribution is 5.95. The summed E-state index contributed by atoms with van der Waals surface area (Å²) in [6.45, 7) is 0. The van der Waals surface area contributed by atoms with Crippen LogP contribution in [0.4, 0.5) is 0 Å². The standard InChI is InChI=1S/C13H15NO2/c15-11-8-4-7-10-12(11)16-13(14-10)9-5-2-1-3-6-9/h1-3,5-6,10-12,15H,4,7-8H2. The SMILES string of the molecule is OC1CCCC2N=C(c3ccccc3)OC12. The van der Waals surface area contributed by atoms with Crippen LogP contribution in [0, 0.1) is 0 Å². The van der Waals surface area contributed by atoms with E-state index in [-0.39, 0.29) is 18.2 Å². The van der Waals surface area contributed by atoms with Crippen molar-refractivity contribution in [3.8, 4) is 0 Å². The molecule has 1 aromatic rings. The van der Waals surface area contributed by atoms with Crippen molar-refractivity contribution in [1.29, 1.82) is 0 Å². The normalized spacial score (nSPS) is 32.8. The van der Waals surface area contributed by atoms with Crippen molar-refractivity contribution in [2.45, 2.75) is 37.5 Å². The van der Waals surface area contributed by atoms with Crippen molar-refractivity contribution in [1.82, 2.24) is 0 Å². The van der Waals surface area contributed by atoms with Crippen LogP contribution >= 0.6 is 0 Å². The molecule has 0 amide bonds. The Morgan fingerprint density at radius 1 is 1.19 bits per heavy atom. The number of ether oxygens (including phenoxy) is 1. The minimum Gasteiger partial charge on any atom is -0.469 e. The summed E-state index contributed by atoms with van der Waals surface area (Å²) in [5.41, 5.74) is 1.00. The number of hydrogen-bond acceptors (Lipinski definition) is 3. The van der Waals surface area contributed by atoms with Crippen molar-refractivity contribution in [3.63, 3.8) is 0 Å². The summed E-state index contributed by atoms with van der Waals surface area (Å²) in [7, 11) is 0. The molecule has 0 bridgehead atoms. The minimum absolute atomic E-state index is 0.121. The Kier molecular flexibility index (Phi) is 2.40. The number of rotatable bonds is 1. The second-order valence-corrected chi connectivity index (χ2v) is 4.45. The van der Waals surface area contributed by atoms with Crippen LogP contribution in [-0.4, -0.2) is 29.3 Å². The highest BCUT2D eigenvalue weighted by atomic mass is 16.5. The van der Waals surface area contributed by atoms with Gasteiger partial charge >= 0.3 is 0 Å². The molecule has 1 aliphatic heterocycles. The highest BCUT2D eigenvalue weighted by Crippen LogP contribution is 2.30. The summed E-state index contributed by atoms with van der Waals surface area (Å²) < 4.78 is 5.76. The van der Waals surface area contributed by atoms with E-state index in [1.54, 1.807) is 0 Å². The number of aliphatic imine (C=N–C) groups is 1. The van der Waals surface area contributed by atoms with Crippen LogP contribution in [0.2, 0.25) is 0 Å². The van der Waals surface area contributed by atoms with E-state index in [9.17, 15) is 5.11 Å². The molecular weight excluding hydrogens is 202 g/mol. The fourth-order valence-corrected chi connectivity index (χ4v) is 2.45. The zero-order chi connectivity index (χ0) is 11.0. The van der Waals surface area contributed by atoms with Gasteiger partial charge < -0.3 is 9.84 Å². The molecule has 2 aliphatic rings. The van der Waals surface area contributed by atoms with Gasteiger partial charge in [-0.3, -0.25) is 0 Å². The van der Waals surface area contributed by atoms with E-state index in [1.165, 1.54) is 0 Å². The van der Waals surface area contributed by atoms with Gasteiger partial charge in [0.05, 0.1) is 12.1 Å². The average Bonchev–Trinajstić information content (AvgIpc) is 2.76. The zero-order valence-electron chi connectivity index (χ0n) is 9.04. The smallest absolute Gasteiger partial charge is 0.216 e. The number of aliphatic hydroxyl groups excluding tert-OH is 1. The lowest BCUT2D eigenvalue weighted by atomic mass is 9.91. The van der Waals surface area contributed by atoms with Crippen molar-refractivity contribution in [2.24, 2.45) is 4.99 Å². The first kappa shape index (κ1) is 9.85. The van der Waals surface area contributed by atoms with Crippen molar-refractivity contribution in [2.75, 3.05) is 0 Å². The molecule has 84 valence electrons. The summed E-state index contributed by atoms with van der Waals surface area (Å²) in [6.07, 6.45) is 2.42. The summed E-state index contributed by atoms with van der Waals surface area (Å²) in [5, 5.41) is 9.85. The third-order valence-corrected chi connectivity index (χ3v) is 3.31. The van der Waals surface area contributed by atoms with Crippen LogP contribution in [0.3, 0.4) is 0 Å².